The lowest BCUT2D eigenvalue weighted by Gasteiger charge is -2.21. The van der Waals surface area contributed by atoms with Crippen molar-refractivity contribution >= 4 is 22.4 Å². The second-order valence-corrected chi connectivity index (χ2v) is 9.75. The van der Waals surface area contributed by atoms with Gasteiger partial charge in [-0.3, -0.25) is 0 Å². The molecule has 3 nitrogen and oxygen atoms in total. The molecule has 0 aromatic heterocycles. The van der Waals surface area contributed by atoms with Gasteiger partial charge in [0.1, 0.15) is 11.5 Å². The minimum absolute atomic E-state index is 0.0405. The van der Waals surface area contributed by atoms with Gasteiger partial charge in [0.15, 0.2) is 0 Å². The lowest BCUT2D eigenvalue weighted by molar-refractivity contribution is 0.299. The third-order valence-electron chi connectivity index (χ3n) is 5.69. The maximum atomic E-state index is 9.75. The highest BCUT2D eigenvalue weighted by atomic mass is 32.2. The first-order valence-corrected chi connectivity index (χ1v) is 11.9. The van der Waals surface area contributed by atoms with Crippen LogP contribution in [0.15, 0.2) is 78.0 Å². The Kier molecular flexibility index (Phi) is 9.52. The van der Waals surface area contributed by atoms with E-state index in [9.17, 15) is 5.11 Å². The van der Waals surface area contributed by atoms with E-state index in [4.69, 9.17) is 4.74 Å². The van der Waals surface area contributed by atoms with Gasteiger partial charge in [-0.25, -0.2) is 0 Å². The van der Waals surface area contributed by atoms with Crippen LogP contribution in [-0.4, -0.2) is 17.8 Å². The van der Waals surface area contributed by atoms with Crippen LogP contribution in [0.4, 0.5) is 0 Å². The molecule has 1 aliphatic carbocycles. The number of ether oxygens (including phenoxy) is 1. The summed E-state index contributed by atoms with van der Waals surface area (Å²) in [5.74, 6) is 1.69. The molecule has 1 atom stereocenters. The van der Waals surface area contributed by atoms with Crippen molar-refractivity contribution in [2.75, 3.05) is 6.61 Å². The van der Waals surface area contributed by atoms with E-state index in [0.29, 0.717) is 5.92 Å². The topological polar surface area (TPSA) is 41.5 Å². The number of nitrogens with one attached hydrogen (secondary N) is 1. The Bertz CT molecular complexity index is 964. The quantitative estimate of drug-likeness (QED) is 0.249. The van der Waals surface area contributed by atoms with E-state index in [1.54, 1.807) is 17.8 Å². The van der Waals surface area contributed by atoms with E-state index in [1.807, 2.05) is 26.8 Å². The van der Waals surface area contributed by atoms with E-state index in [2.05, 4.69) is 57.1 Å². The molecule has 0 aliphatic heterocycles. The van der Waals surface area contributed by atoms with Crippen molar-refractivity contribution in [3.05, 3.63) is 89.1 Å². The number of thioether (sulfide) groups is 1. The van der Waals surface area contributed by atoms with E-state index in [-0.39, 0.29) is 11.8 Å². The van der Waals surface area contributed by atoms with Gasteiger partial charge < -0.3 is 15.2 Å². The molecule has 0 spiro atoms. The number of aliphatic hydroxyl groups excluding tert-OH is 1. The van der Waals surface area contributed by atoms with Crippen molar-refractivity contribution in [2.45, 2.75) is 53.5 Å². The maximum Gasteiger partial charge on any atom is 0.120 e. The van der Waals surface area contributed by atoms with Crippen LogP contribution in [0.3, 0.4) is 0 Å². The number of aliphatic hydroxyl groups is 1. The van der Waals surface area contributed by atoms with Gasteiger partial charge in [0, 0.05) is 22.2 Å². The number of hydrogen-bond acceptors (Lipinski definition) is 4. The summed E-state index contributed by atoms with van der Waals surface area (Å²) in [6, 6.07) is 6.27. The zero-order chi connectivity index (χ0) is 23.8. The molecule has 1 unspecified atom stereocenters. The van der Waals surface area contributed by atoms with Crippen LogP contribution in [0.2, 0.25) is 0 Å². The van der Waals surface area contributed by atoms with E-state index < -0.39 is 0 Å². The molecule has 1 aromatic carbocycles. The Hall–Kier alpha value is -2.59. The molecule has 0 saturated heterocycles. The van der Waals surface area contributed by atoms with Crippen molar-refractivity contribution in [1.29, 1.82) is 0 Å². The summed E-state index contributed by atoms with van der Waals surface area (Å²) in [6.07, 6.45) is 7.74. The largest absolute Gasteiger partial charge is 0.508 e. The monoisotopic (exact) mass is 451 g/mol. The van der Waals surface area contributed by atoms with Crippen molar-refractivity contribution in [3.63, 3.8) is 0 Å². The Labute approximate surface area is 198 Å². The van der Waals surface area contributed by atoms with Gasteiger partial charge >= 0.3 is 0 Å². The Balaban J connectivity index is 2.26. The third kappa shape index (κ3) is 7.83. The maximum absolute atomic E-state index is 9.75. The molecule has 2 rings (SSSR count). The van der Waals surface area contributed by atoms with Crippen LogP contribution in [-0.2, 0) is 0 Å². The van der Waals surface area contributed by atoms with Crippen molar-refractivity contribution in [1.82, 2.24) is 5.32 Å². The van der Waals surface area contributed by atoms with Crippen LogP contribution in [0.5, 0.6) is 5.75 Å². The van der Waals surface area contributed by atoms with Gasteiger partial charge in [0.25, 0.3) is 0 Å². The van der Waals surface area contributed by atoms with Crippen molar-refractivity contribution < 1.29 is 9.84 Å². The number of benzene rings is 1. The molecule has 32 heavy (non-hydrogen) atoms. The van der Waals surface area contributed by atoms with Gasteiger partial charge in [-0.15, -0.1) is 0 Å². The molecule has 1 fully saturated rings. The molecule has 1 aliphatic rings. The summed E-state index contributed by atoms with van der Waals surface area (Å²) >= 11 is 1.66. The molecular weight excluding hydrogens is 414 g/mol. The van der Waals surface area contributed by atoms with Gasteiger partial charge in [-0.2, -0.15) is 0 Å². The summed E-state index contributed by atoms with van der Waals surface area (Å²) in [7, 11) is 0. The Morgan fingerprint density at radius 3 is 2.47 bits per heavy atom. The van der Waals surface area contributed by atoms with E-state index >= 15 is 0 Å². The van der Waals surface area contributed by atoms with E-state index in [0.717, 1.165) is 45.2 Å². The fourth-order valence-electron chi connectivity index (χ4n) is 3.02. The molecule has 0 heterocycles. The van der Waals surface area contributed by atoms with Crippen LogP contribution in [0.25, 0.3) is 10.6 Å². The minimum atomic E-state index is 0.0405. The third-order valence-corrected chi connectivity index (χ3v) is 6.73. The van der Waals surface area contributed by atoms with Gasteiger partial charge in [-0.1, -0.05) is 37.6 Å². The van der Waals surface area contributed by atoms with Gasteiger partial charge in [0.2, 0.25) is 0 Å². The molecule has 1 saturated carbocycles. The van der Waals surface area contributed by atoms with Gasteiger partial charge in [-0.05, 0) is 105 Å². The predicted molar refractivity (Wildman–Crippen MR) is 142 cm³/mol. The second kappa shape index (κ2) is 11.9. The Morgan fingerprint density at radius 1 is 1.22 bits per heavy atom. The molecule has 1 aromatic rings. The second-order valence-electron chi connectivity index (χ2n) is 8.41. The fourth-order valence-corrected chi connectivity index (χ4v) is 3.76. The molecular formula is C28H37NO2S. The first-order valence-electron chi connectivity index (χ1n) is 11.1. The molecule has 0 amide bonds. The fraction of sp³-hybridized carbons (Fsp3) is 0.357. The van der Waals surface area contributed by atoms with Gasteiger partial charge in [0.05, 0.1) is 6.61 Å². The highest BCUT2D eigenvalue weighted by Crippen LogP contribution is 2.36. The predicted octanol–water partition coefficient (Wildman–Crippen LogP) is 8.02. The summed E-state index contributed by atoms with van der Waals surface area (Å²) in [5.41, 5.74) is 4.95. The molecule has 0 radical (unpaired) electrons. The smallest absolute Gasteiger partial charge is 0.120 e. The lowest BCUT2D eigenvalue weighted by atomic mass is 10.0. The van der Waals surface area contributed by atoms with Crippen molar-refractivity contribution in [2.24, 2.45) is 5.92 Å². The average molecular weight is 452 g/mol. The molecule has 172 valence electrons. The normalized spacial score (nSPS) is 16.2. The molecule has 0 bridgehead atoms. The highest BCUT2D eigenvalue weighted by Gasteiger charge is 2.22. The zero-order valence-electron chi connectivity index (χ0n) is 20.1. The number of rotatable bonds is 12. The lowest BCUT2D eigenvalue weighted by Crippen LogP contribution is -2.26. The van der Waals surface area contributed by atoms with Crippen LogP contribution in [0.1, 0.15) is 58.6 Å². The average Bonchev–Trinajstić information content (AvgIpc) is 3.60. The SMILES string of the molecule is C=C/C(O)=C\C(C)=C(/C)C(C)NC(=C)c1cc(OCC2CC2)cc(C(=C)S/C(C)=C\C)c1. The molecule has 4 heteroatoms. The van der Waals surface area contributed by atoms with Crippen LogP contribution >= 0.6 is 11.8 Å². The van der Waals surface area contributed by atoms with Crippen LogP contribution < -0.4 is 10.1 Å². The Morgan fingerprint density at radius 2 is 1.88 bits per heavy atom. The highest BCUT2D eigenvalue weighted by molar-refractivity contribution is 8.11. The summed E-state index contributed by atoms with van der Waals surface area (Å²) < 4.78 is 6.10. The summed E-state index contributed by atoms with van der Waals surface area (Å²) in [4.78, 5) is 2.19. The minimum Gasteiger partial charge on any atom is -0.508 e. The van der Waals surface area contributed by atoms with Crippen LogP contribution in [0, 0.1) is 5.92 Å². The first kappa shape index (κ1) is 25.7. The summed E-state index contributed by atoms with van der Waals surface area (Å²) in [6.45, 7) is 23.2. The first-order chi connectivity index (χ1) is 15.1. The molecule has 2 N–H and O–H groups in total. The van der Waals surface area contributed by atoms with E-state index in [1.165, 1.54) is 23.8 Å². The number of hydrogen-bond donors (Lipinski definition) is 2. The summed E-state index contributed by atoms with van der Waals surface area (Å²) in [5, 5.41) is 13.2. The van der Waals surface area contributed by atoms with Crippen molar-refractivity contribution in [3.8, 4) is 5.75 Å². The zero-order valence-corrected chi connectivity index (χ0v) is 20.9. The number of allylic oxidation sites excluding steroid dienone is 5. The standard InChI is InChI=1S/C28H37NO2S/c1-9-19(4)32-23(8)26-14-25(15-28(16-26)31-17-24-11-12-24)22(7)29-21(6)20(5)18(3)13-27(30)10-2/h9-10,13-16,21,24,29-30H,2,7-8,11-12,17H2,1,3-6H3/b19-9-,20-18+,27-13+.